The third-order valence-electron chi connectivity index (χ3n) is 4.65. The molecule has 1 aliphatic carbocycles. The minimum atomic E-state index is -0.368. The van der Waals surface area contributed by atoms with Crippen LogP contribution in [-0.4, -0.2) is 37.6 Å². The standard InChI is InChI=1S/C19H27NO4/c1-2-3-12-22-16-8-6-15(7-9-16)18(21)20-13-17-14-23-19(24-17)10-4-5-11-19/h6-9,17H,2-5,10-14H2,1H3,(H,20,21)/t17-/m0/s1. The number of carbonyl (C=O) groups excluding carboxylic acids is 1. The largest absolute Gasteiger partial charge is 0.494 e. The Labute approximate surface area is 143 Å². The summed E-state index contributed by atoms with van der Waals surface area (Å²) in [7, 11) is 0. The second-order valence-corrected chi connectivity index (χ2v) is 6.61. The fourth-order valence-electron chi connectivity index (χ4n) is 3.24. The Kier molecular flexibility index (Phi) is 5.74. The first-order valence-corrected chi connectivity index (χ1v) is 9.04. The van der Waals surface area contributed by atoms with Crippen LogP contribution in [0.15, 0.2) is 24.3 Å². The molecule has 2 aliphatic rings. The Morgan fingerprint density at radius 2 is 2.04 bits per heavy atom. The third kappa shape index (κ3) is 4.28. The first kappa shape index (κ1) is 17.2. The summed E-state index contributed by atoms with van der Waals surface area (Å²) in [6, 6.07) is 7.27. The van der Waals surface area contributed by atoms with Crippen LogP contribution in [0.2, 0.25) is 0 Å². The fraction of sp³-hybridized carbons (Fsp3) is 0.632. The molecular formula is C19H27NO4. The summed E-state index contributed by atoms with van der Waals surface area (Å²) in [6.45, 7) is 3.88. The van der Waals surface area contributed by atoms with Crippen LogP contribution < -0.4 is 10.1 Å². The fourth-order valence-corrected chi connectivity index (χ4v) is 3.24. The van der Waals surface area contributed by atoms with Gasteiger partial charge in [-0.25, -0.2) is 0 Å². The summed E-state index contributed by atoms with van der Waals surface area (Å²) in [4.78, 5) is 12.2. The molecule has 5 heteroatoms. The molecule has 0 aromatic heterocycles. The molecule has 1 amide bonds. The summed E-state index contributed by atoms with van der Waals surface area (Å²) < 4.78 is 17.4. The number of rotatable bonds is 7. The van der Waals surface area contributed by atoms with Crippen LogP contribution in [0.4, 0.5) is 0 Å². The Bertz CT molecular complexity index is 537. The zero-order chi connectivity index (χ0) is 16.8. The number of carbonyl (C=O) groups is 1. The topological polar surface area (TPSA) is 56.8 Å². The lowest BCUT2D eigenvalue weighted by molar-refractivity contribution is -0.161. The van der Waals surface area contributed by atoms with Crippen molar-refractivity contribution in [2.24, 2.45) is 0 Å². The minimum Gasteiger partial charge on any atom is -0.494 e. The Morgan fingerprint density at radius 1 is 1.29 bits per heavy atom. The first-order chi connectivity index (χ1) is 11.7. The molecule has 5 nitrogen and oxygen atoms in total. The van der Waals surface area contributed by atoms with Crippen LogP contribution in [0.25, 0.3) is 0 Å². The van der Waals surface area contributed by atoms with Gasteiger partial charge in [0, 0.05) is 24.9 Å². The van der Waals surface area contributed by atoms with Crippen molar-refractivity contribution in [2.75, 3.05) is 19.8 Å². The molecule has 1 saturated heterocycles. The highest BCUT2D eigenvalue weighted by atomic mass is 16.7. The van der Waals surface area contributed by atoms with E-state index in [1.165, 1.54) is 0 Å². The highest BCUT2D eigenvalue weighted by Crippen LogP contribution is 2.38. The molecular weight excluding hydrogens is 306 g/mol. The molecule has 3 rings (SSSR count). The second kappa shape index (κ2) is 7.99. The smallest absolute Gasteiger partial charge is 0.251 e. The van der Waals surface area contributed by atoms with Gasteiger partial charge in [0.25, 0.3) is 5.91 Å². The molecule has 0 unspecified atom stereocenters. The summed E-state index contributed by atoms with van der Waals surface area (Å²) >= 11 is 0. The van der Waals surface area contributed by atoms with Crippen molar-refractivity contribution >= 4 is 5.91 Å². The quantitative estimate of drug-likeness (QED) is 0.778. The molecule has 1 N–H and O–H groups in total. The molecule has 1 aromatic rings. The maximum atomic E-state index is 12.2. The van der Waals surface area contributed by atoms with Crippen LogP contribution in [0, 0.1) is 0 Å². The van der Waals surface area contributed by atoms with E-state index in [1.54, 1.807) is 12.1 Å². The normalized spacial score (nSPS) is 22.0. The summed E-state index contributed by atoms with van der Waals surface area (Å²) in [5, 5.41) is 2.93. The Hall–Kier alpha value is -1.59. The van der Waals surface area contributed by atoms with E-state index in [9.17, 15) is 4.79 Å². The molecule has 1 aromatic carbocycles. The molecule has 1 saturated carbocycles. The molecule has 2 fully saturated rings. The van der Waals surface area contributed by atoms with Crippen molar-refractivity contribution in [1.82, 2.24) is 5.32 Å². The third-order valence-corrected chi connectivity index (χ3v) is 4.65. The van der Waals surface area contributed by atoms with Gasteiger partial charge in [-0.1, -0.05) is 13.3 Å². The number of unbranched alkanes of at least 4 members (excludes halogenated alkanes) is 1. The first-order valence-electron chi connectivity index (χ1n) is 9.04. The second-order valence-electron chi connectivity index (χ2n) is 6.61. The lowest BCUT2D eigenvalue weighted by Crippen LogP contribution is -2.35. The van der Waals surface area contributed by atoms with Gasteiger partial charge in [-0.05, 0) is 43.5 Å². The van der Waals surface area contributed by atoms with Gasteiger partial charge < -0.3 is 19.5 Å². The molecule has 1 aliphatic heterocycles. The predicted octanol–water partition coefficient (Wildman–Crippen LogP) is 3.28. The van der Waals surface area contributed by atoms with E-state index in [-0.39, 0.29) is 17.8 Å². The van der Waals surface area contributed by atoms with Gasteiger partial charge in [-0.3, -0.25) is 4.79 Å². The van der Waals surface area contributed by atoms with E-state index in [0.717, 1.165) is 44.3 Å². The maximum Gasteiger partial charge on any atom is 0.251 e. The molecule has 0 bridgehead atoms. The van der Waals surface area contributed by atoms with Crippen LogP contribution in [0.3, 0.4) is 0 Å². The van der Waals surface area contributed by atoms with Crippen molar-refractivity contribution < 1.29 is 19.0 Å². The van der Waals surface area contributed by atoms with Gasteiger partial charge in [-0.15, -0.1) is 0 Å². The van der Waals surface area contributed by atoms with Crippen molar-refractivity contribution in [1.29, 1.82) is 0 Å². The van der Waals surface area contributed by atoms with E-state index in [1.807, 2.05) is 12.1 Å². The van der Waals surface area contributed by atoms with Crippen molar-refractivity contribution in [3.63, 3.8) is 0 Å². The summed E-state index contributed by atoms with van der Waals surface area (Å²) in [5.41, 5.74) is 0.632. The van der Waals surface area contributed by atoms with Crippen LogP contribution in [0.1, 0.15) is 55.8 Å². The maximum absolute atomic E-state index is 12.2. The average Bonchev–Trinajstić information content (AvgIpc) is 3.23. The predicted molar refractivity (Wildman–Crippen MR) is 91.2 cm³/mol. The number of amides is 1. The zero-order valence-electron chi connectivity index (χ0n) is 14.4. The lowest BCUT2D eigenvalue weighted by Gasteiger charge is -2.21. The van der Waals surface area contributed by atoms with Crippen LogP contribution in [-0.2, 0) is 9.47 Å². The Morgan fingerprint density at radius 3 is 2.75 bits per heavy atom. The monoisotopic (exact) mass is 333 g/mol. The highest BCUT2D eigenvalue weighted by Gasteiger charge is 2.43. The average molecular weight is 333 g/mol. The van der Waals surface area contributed by atoms with E-state index >= 15 is 0 Å². The van der Waals surface area contributed by atoms with Gasteiger partial charge in [0.2, 0.25) is 0 Å². The van der Waals surface area contributed by atoms with E-state index < -0.39 is 0 Å². The zero-order valence-corrected chi connectivity index (χ0v) is 14.4. The van der Waals surface area contributed by atoms with Crippen molar-refractivity contribution in [3.8, 4) is 5.75 Å². The molecule has 1 spiro atoms. The molecule has 0 radical (unpaired) electrons. The number of hydrogen-bond acceptors (Lipinski definition) is 4. The van der Waals surface area contributed by atoms with Gasteiger partial charge >= 0.3 is 0 Å². The number of nitrogens with one attached hydrogen (secondary N) is 1. The van der Waals surface area contributed by atoms with E-state index in [2.05, 4.69) is 12.2 Å². The van der Waals surface area contributed by atoms with E-state index in [0.29, 0.717) is 25.3 Å². The molecule has 24 heavy (non-hydrogen) atoms. The number of benzene rings is 1. The van der Waals surface area contributed by atoms with Crippen LogP contribution in [0.5, 0.6) is 5.75 Å². The van der Waals surface area contributed by atoms with Crippen molar-refractivity contribution in [2.45, 2.75) is 57.3 Å². The molecule has 132 valence electrons. The van der Waals surface area contributed by atoms with Gasteiger partial charge in [0.15, 0.2) is 5.79 Å². The summed E-state index contributed by atoms with van der Waals surface area (Å²) in [6.07, 6.45) is 6.34. The number of hydrogen-bond donors (Lipinski definition) is 1. The molecule has 1 heterocycles. The minimum absolute atomic E-state index is 0.0521. The number of ether oxygens (including phenoxy) is 3. The molecule has 1 atom stereocenters. The van der Waals surface area contributed by atoms with Crippen LogP contribution >= 0.6 is 0 Å². The van der Waals surface area contributed by atoms with Gasteiger partial charge in [0.05, 0.1) is 13.2 Å². The van der Waals surface area contributed by atoms with Gasteiger partial charge in [0.1, 0.15) is 11.9 Å². The van der Waals surface area contributed by atoms with Gasteiger partial charge in [-0.2, -0.15) is 0 Å². The SMILES string of the molecule is CCCCOc1ccc(C(=O)NC[C@H]2COC3(CCCC3)O2)cc1. The highest BCUT2D eigenvalue weighted by molar-refractivity contribution is 5.94. The van der Waals surface area contributed by atoms with E-state index in [4.69, 9.17) is 14.2 Å². The lowest BCUT2D eigenvalue weighted by atomic mass is 10.2. The van der Waals surface area contributed by atoms with Crippen molar-refractivity contribution in [3.05, 3.63) is 29.8 Å². The Balaban J connectivity index is 1.43. The summed E-state index contributed by atoms with van der Waals surface area (Å²) in [5.74, 6) is 0.342.